The van der Waals surface area contributed by atoms with Gasteiger partial charge >= 0.3 is 6.03 Å². The average molecular weight is 387 g/mol. The van der Waals surface area contributed by atoms with Crippen molar-refractivity contribution in [2.45, 2.75) is 63.6 Å². The first-order valence-electron chi connectivity index (χ1n) is 10.00. The standard InChI is InChI=1S/C21H29N3O4/c1-23(16-6-4-3-5-7-16)19(25)13-12-18-20(26)24(21(27)22-18)14-15-8-10-17(28-2)11-9-15/h8-11,16,18H,3-7,12-14H2,1-2H3,(H,22,27)/t18-/m1/s1. The van der Waals surface area contributed by atoms with Crippen LogP contribution in [-0.4, -0.2) is 53.9 Å². The van der Waals surface area contributed by atoms with Gasteiger partial charge in [-0.2, -0.15) is 0 Å². The first-order chi connectivity index (χ1) is 13.5. The van der Waals surface area contributed by atoms with Crippen LogP contribution in [0.2, 0.25) is 0 Å². The van der Waals surface area contributed by atoms with Crippen LogP contribution >= 0.6 is 0 Å². The number of hydrogen-bond donors (Lipinski definition) is 1. The summed E-state index contributed by atoms with van der Waals surface area (Å²) >= 11 is 0. The van der Waals surface area contributed by atoms with Gasteiger partial charge in [-0.05, 0) is 37.0 Å². The smallest absolute Gasteiger partial charge is 0.325 e. The van der Waals surface area contributed by atoms with Crippen molar-refractivity contribution in [3.05, 3.63) is 29.8 Å². The summed E-state index contributed by atoms with van der Waals surface area (Å²) in [4.78, 5) is 40.4. The summed E-state index contributed by atoms with van der Waals surface area (Å²) < 4.78 is 5.12. The summed E-state index contributed by atoms with van der Waals surface area (Å²) in [7, 11) is 3.44. The molecule has 1 saturated heterocycles. The number of imide groups is 1. The van der Waals surface area contributed by atoms with Crippen LogP contribution in [0.5, 0.6) is 5.75 Å². The van der Waals surface area contributed by atoms with E-state index in [1.54, 1.807) is 19.2 Å². The van der Waals surface area contributed by atoms with Crippen molar-refractivity contribution >= 4 is 17.8 Å². The van der Waals surface area contributed by atoms with Crippen LogP contribution in [0, 0.1) is 0 Å². The monoisotopic (exact) mass is 387 g/mol. The third-order valence-electron chi connectivity index (χ3n) is 5.77. The molecule has 1 aliphatic carbocycles. The van der Waals surface area contributed by atoms with Crippen molar-refractivity contribution in [1.82, 2.24) is 15.1 Å². The molecule has 7 nitrogen and oxygen atoms in total. The van der Waals surface area contributed by atoms with E-state index in [1.165, 1.54) is 24.2 Å². The van der Waals surface area contributed by atoms with Crippen LogP contribution in [0.3, 0.4) is 0 Å². The van der Waals surface area contributed by atoms with Gasteiger partial charge in [-0.15, -0.1) is 0 Å². The fourth-order valence-electron chi connectivity index (χ4n) is 3.95. The molecule has 152 valence electrons. The Kier molecular flexibility index (Phi) is 6.54. The molecule has 2 aliphatic rings. The summed E-state index contributed by atoms with van der Waals surface area (Å²) in [5.41, 5.74) is 0.845. The zero-order valence-electron chi connectivity index (χ0n) is 16.6. The zero-order valence-corrected chi connectivity index (χ0v) is 16.6. The number of ether oxygens (including phenoxy) is 1. The first-order valence-corrected chi connectivity index (χ1v) is 10.00. The van der Waals surface area contributed by atoms with Crippen molar-refractivity contribution in [2.75, 3.05) is 14.2 Å². The first kappa shape index (κ1) is 20.2. The molecule has 7 heteroatoms. The molecular weight excluding hydrogens is 358 g/mol. The van der Waals surface area contributed by atoms with Gasteiger partial charge in [0.2, 0.25) is 5.91 Å². The zero-order chi connectivity index (χ0) is 20.1. The molecule has 0 unspecified atom stereocenters. The largest absolute Gasteiger partial charge is 0.497 e. The summed E-state index contributed by atoms with van der Waals surface area (Å²) in [6, 6.07) is 6.52. The minimum absolute atomic E-state index is 0.0440. The van der Waals surface area contributed by atoms with Gasteiger partial charge in [0.1, 0.15) is 11.8 Å². The number of amides is 4. The number of urea groups is 1. The third kappa shape index (κ3) is 4.64. The second kappa shape index (κ2) is 9.08. The third-order valence-corrected chi connectivity index (χ3v) is 5.77. The molecule has 1 aromatic rings. The predicted octanol–water partition coefficient (Wildman–Crippen LogP) is 2.69. The number of rotatable bonds is 7. The van der Waals surface area contributed by atoms with Crippen molar-refractivity contribution in [2.24, 2.45) is 0 Å². The number of benzene rings is 1. The predicted molar refractivity (Wildman–Crippen MR) is 105 cm³/mol. The van der Waals surface area contributed by atoms with Gasteiger partial charge in [0.05, 0.1) is 13.7 Å². The molecule has 1 aromatic carbocycles. The summed E-state index contributed by atoms with van der Waals surface area (Å²) in [6.07, 6.45) is 6.28. The van der Waals surface area contributed by atoms with E-state index in [1.807, 2.05) is 24.1 Å². The molecule has 1 N–H and O–H groups in total. The quantitative estimate of drug-likeness (QED) is 0.730. The van der Waals surface area contributed by atoms with Gasteiger partial charge in [0.15, 0.2) is 0 Å². The fourth-order valence-corrected chi connectivity index (χ4v) is 3.95. The maximum atomic E-state index is 12.6. The molecule has 3 rings (SSSR count). The van der Waals surface area contributed by atoms with Gasteiger partial charge in [-0.1, -0.05) is 31.4 Å². The number of nitrogens with zero attached hydrogens (tertiary/aromatic N) is 2. The molecule has 0 radical (unpaired) electrons. The summed E-state index contributed by atoms with van der Waals surface area (Å²) in [5, 5.41) is 2.71. The van der Waals surface area contributed by atoms with Gasteiger partial charge in [-0.25, -0.2) is 4.79 Å². The van der Waals surface area contributed by atoms with Crippen LogP contribution in [0.15, 0.2) is 24.3 Å². The normalized spacial score (nSPS) is 20.2. The lowest BCUT2D eigenvalue weighted by Crippen LogP contribution is -2.39. The van der Waals surface area contributed by atoms with Crippen molar-refractivity contribution in [1.29, 1.82) is 0 Å². The van der Waals surface area contributed by atoms with Crippen molar-refractivity contribution < 1.29 is 19.1 Å². The van der Waals surface area contributed by atoms with E-state index < -0.39 is 12.1 Å². The van der Waals surface area contributed by atoms with Crippen LogP contribution < -0.4 is 10.1 Å². The van der Waals surface area contributed by atoms with E-state index >= 15 is 0 Å². The topological polar surface area (TPSA) is 79.0 Å². The Morgan fingerprint density at radius 3 is 2.50 bits per heavy atom. The number of nitrogens with one attached hydrogen (secondary N) is 1. The Hall–Kier alpha value is -2.57. The molecule has 0 spiro atoms. The molecule has 28 heavy (non-hydrogen) atoms. The Morgan fingerprint density at radius 2 is 1.86 bits per heavy atom. The second-order valence-corrected chi connectivity index (χ2v) is 7.61. The molecule has 0 aromatic heterocycles. The Labute approximate surface area is 166 Å². The van der Waals surface area contributed by atoms with E-state index in [0.29, 0.717) is 12.5 Å². The van der Waals surface area contributed by atoms with Crippen LogP contribution in [-0.2, 0) is 16.1 Å². The minimum Gasteiger partial charge on any atom is -0.497 e. The average Bonchev–Trinajstić information content (AvgIpc) is 3.00. The molecule has 2 fully saturated rings. The van der Waals surface area contributed by atoms with E-state index in [-0.39, 0.29) is 24.8 Å². The maximum absolute atomic E-state index is 12.6. The highest BCUT2D eigenvalue weighted by atomic mass is 16.5. The SMILES string of the molecule is COc1ccc(CN2C(=O)N[C@H](CCC(=O)N(C)C3CCCCC3)C2=O)cc1. The molecule has 0 bridgehead atoms. The molecule has 1 saturated carbocycles. The minimum atomic E-state index is -0.630. The second-order valence-electron chi connectivity index (χ2n) is 7.61. The number of hydrogen-bond acceptors (Lipinski definition) is 4. The van der Waals surface area contributed by atoms with Crippen LogP contribution in [0.1, 0.15) is 50.5 Å². The summed E-state index contributed by atoms with van der Waals surface area (Å²) in [6.45, 7) is 0.209. The van der Waals surface area contributed by atoms with Crippen molar-refractivity contribution in [3.8, 4) is 5.75 Å². The lowest BCUT2D eigenvalue weighted by molar-refractivity contribution is -0.133. The van der Waals surface area contributed by atoms with Gasteiger partial charge in [0, 0.05) is 19.5 Å². The Balaban J connectivity index is 1.51. The number of methoxy groups -OCH3 is 1. The van der Waals surface area contributed by atoms with Gasteiger partial charge in [-0.3, -0.25) is 14.5 Å². The molecule has 1 atom stereocenters. The van der Waals surface area contributed by atoms with Crippen LogP contribution in [0.25, 0.3) is 0 Å². The van der Waals surface area contributed by atoms with E-state index in [0.717, 1.165) is 24.2 Å². The van der Waals surface area contributed by atoms with Crippen LogP contribution in [0.4, 0.5) is 4.79 Å². The number of carbonyl (C=O) groups is 3. The number of carbonyl (C=O) groups excluding carboxylic acids is 3. The molecule has 1 heterocycles. The molecule has 1 aliphatic heterocycles. The maximum Gasteiger partial charge on any atom is 0.325 e. The highest BCUT2D eigenvalue weighted by Gasteiger charge is 2.38. The van der Waals surface area contributed by atoms with E-state index in [2.05, 4.69) is 5.32 Å². The van der Waals surface area contributed by atoms with Gasteiger partial charge in [0.25, 0.3) is 5.91 Å². The lowest BCUT2D eigenvalue weighted by atomic mass is 9.94. The molecule has 4 amide bonds. The lowest BCUT2D eigenvalue weighted by Gasteiger charge is -2.31. The fraction of sp³-hybridized carbons (Fsp3) is 0.571. The highest BCUT2D eigenvalue weighted by molar-refractivity contribution is 6.04. The Morgan fingerprint density at radius 1 is 1.18 bits per heavy atom. The highest BCUT2D eigenvalue weighted by Crippen LogP contribution is 2.23. The van der Waals surface area contributed by atoms with Crippen molar-refractivity contribution in [3.63, 3.8) is 0 Å². The van der Waals surface area contributed by atoms with Gasteiger partial charge < -0.3 is 15.0 Å². The van der Waals surface area contributed by atoms with E-state index in [4.69, 9.17) is 4.74 Å². The Bertz CT molecular complexity index is 713. The van der Waals surface area contributed by atoms with E-state index in [9.17, 15) is 14.4 Å². The summed E-state index contributed by atoms with van der Waals surface area (Å²) in [5.74, 6) is 0.496. The molecular formula is C21H29N3O4.